The van der Waals surface area contributed by atoms with Crippen molar-refractivity contribution in [1.29, 1.82) is 0 Å². The summed E-state index contributed by atoms with van der Waals surface area (Å²) in [6.45, 7) is 1.67. The van der Waals surface area contributed by atoms with Gasteiger partial charge in [-0.3, -0.25) is 4.79 Å². The lowest BCUT2D eigenvalue weighted by molar-refractivity contribution is -0.142. The van der Waals surface area contributed by atoms with Gasteiger partial charge in [0, 0.05) is 11.5 Å². The number of aliphatic carboxylic acids is 1. The van der Waals surface area contributed by atoms with Gasteiger partial charge in [-0.1, -0.05) is 30.3 Å². The first-order chi connectivity index (χ1) is 12.9. The Hall–Kier alpha value is -3.61. The van der Waals surface area contributed by atoms with E-state index in [0.717, 1.165) is 0 Å². The minimum Gasteiger partial charge on any atom is -0.508 e. The molecule has 7 nitrogen and oxygen atoms in total. The SMILES string of the molecule is Cc1c(CC(=O)NC(C(=O)O)c2ccccc2)c(=O)oc2cc(O)ccc12. The summed E-state index contributed by atoms with van der Waals surface area (Å²) in [4.78, 5) is 36.2. The second-order valence-corrected chi connectivity index (χ2v) is 6.10. The number of fused-ring (bicyclic) bond motifs is 1. The lowest BCUT2D eigenvalue weighted by Gasteiger charge is -2.15. The molecule has 0 saturated heterocycles. The van der Waals surface area contributed by atoms with Crippen LogP contribution < -0.4 is 10.9 Å². The highest BCUT2D eigenvalue weighted by atomic mass is 16.4. The van der Waals surface area contributed by atoms with Gasteiger partial charge in [0.05, 0.1) is 12.0 Å². The van der Waals surface area contributed by atoms with E-state index in [2.05, 4.69) is 5.32 Å². The Balaban J connectivity index is 1.88. The molecule has 1 heterocycles. The summed E-state index contributed by atoms with van der Waals surface area (Å²) in [7, 11) is 0. The van der Waals surface area contributed by atoms with Gasteiger partial charge in [0.15, 0.2) is 6.04 Å². The van der Waals surface area contributed by atoms with Gasteiger partial charge in [0.1, 0.15) is 11.3 Å². The van der Waals surface area contributed by atoms with E-state index in [1.807, 2.05) is 0 Å². The Morgan fingerprint density at radius 2 is 1.85 bits per heavy atom. The molecule has 1 aromatic heterocycles. The average Bonchev–Trinajstić information content (AvgIpc) is 2.63. The van der Waals surface area contributed by atoms with Crippen LogP contribution in [-0.4, -0.2) is 22.1 Å². The van der Waals surface area contributed by atoms with E-state index in [-0.39, 0.29) is 23.3 Å². The quantitative estimate of drug-likeness (QED) is 0.596. The monoisotopic (exact) mass is 367 g/mol. The summed E-state index contributed by atoms with van der Waals surface area (Å²) >= 11 is 0. The number of aromatic hydroxyl groups is 1. The number of carboxylic acids is 1. The summed E-state index contributed by atoms with van der Waals surface area (Å²) in [5.41, 5.74) is 0.628. The van der Waals surface area contributed by atoms with Crippen LogP contribution in [0.1, 0.15) is 22.7 Å². The highest BCUT2D eigenvalue weighted by Gasteiger charge is 2.23. The van der Waals surface area contributed by atoms with Gasteiger partial charge >= 0.3 is 11.6 Å². The number of benzene rings is 2. The van der Waals surface area contributed by atoms with Gasteiger partial charge in [-0.05, 0) is 30.2 Å². The molecule has 0 radical (unpaired) electrons. The number of phenolic OH excluding ortho intramolecular Hbond substituents is 1. The number of rotatable bonds is 5. The molecule has 0 saturated carbocycles. The predicted molar refractivity (Wildman–Crippen MR) is 97.6 cm³/mol. The molecule has 0 aliphatic rings. The van der Waals surface area contributed by atoms with Crippen LogP contribution in [0.15, 0.2) is 57.7 Å². The molecule has 0 bridgehead atoms. The van der Waals surface area contributed by atoms with E-state index in [1.165, 1.54) is 12.1 Å². The molecule has 0 fully saturated rings. The molecule has 0 aliphatic carbocycles. The molecule has 3 aromatic rings. The van der Waals surface area contributed by atoms with E-state index >= 15 is 0 Å². The van der Waals surface area contributed by atoms with Crippen LogP contribution in [0, 0.1) is 6.92 Å². The lowest BCUT2D eigenvalue weighted by Crippen LogP contribution is -2.35. The number of aryl methyl sites for hydroxylation is 1. The zero-order chi connectivity index (χ0) is 19.6. The van der Waals surface area contributed by atoms with Crippen molar-refractivity contribution in [2.75, 3.05) is 0 Å². The third-order valence-electron chi connectivity index (χ3n) is 4.29. The van der Waals surface area contributed by atoms with Crippen LogP contribution in [0.5, 0.6) is 5.75 Å². The summed E-state index contributed by atoms with van der Waals surface area (Å²) in [5.74, 6) is -1.85. The maximum absolute atomic E-state index is 12.4. The number of hydrogen-bond acceptors (Lipinski definition) is 5. The smallest absolute Gasteiger partial charge is 0.340 e. The molecule has 27 heavy (non-hydrogen) atoms. The normalized spacial score (nSPS) is 11.9. The first-order valence-corrected chi connectivity index (χ1v) is 8.19. The van der Waals surface area contributed by atoms with Gasteiger partial charge < -0.3 is 19.9 Å². The molecule has 0 spiro atoms. The van der Waals surface area contributed by atoms with Crippen molar-refractivity contribution in [2.45, 2.75) is 19.4 Å². The van der Waals surface area contributed by atoms with Crippen LogP contribution in [-0.2, 0) is 16.0 Å². The summed E-state index contributed by atoms with van der Waals surface area (Å²) in [6, 6.07) is 11.4. The maximum Gasteiger partial charge on any atom is 0.340 e. The number of hydrogen-bond donors (Lipinski definition) is 3. The van der Waals surface area contributed by atoms with Crippen molar-refractivity contribution in [2.24, 2.45) is 0 Å². The maximum atomic E-state index is 12.4. The fourth-order valence-electron chi connectivity index (χ4n) is 2.89. The Kier molecular flexibility index (Phi) is 4.94. The van der Waals surface area contributed by atoms with Crippen LogP contribution >= 0.6 is 0 Å². The van der Waals surface area contributed by atoms with Crippen molar-refractivity contribution < 1.29 is 24.2 Å². The number of phenols is 1. The number of carboxylic acid groups (broad SMARTS) is 1. The number of carbonyl (C=O) groups excluding carboxylic acids is 1. The zero-order valence-electron chi connectivity index (χ0n) is 14.4. The van der Waals surface area contributed by atoms with E-state index in [0.29, 0.717) is 16.5 Å². The minimum absolute atomic E-state index is 0.0392. The Bertz CT molecular complexity index is 1070. The van der Waals surface area contributed by atoms with E-state index in [9.17, 15) is 24.6 Å². The van der Waals surface area contributed by atoms with Crippen LogP contribution in [0.2, 0.25) is 0 Å². The van der Waals surface area contributed by atoms with Crippen molar-refractivity contribution in [3.05, 3.63) is 75.6 Å². The lowest BCUT2D eigenvalue weighted by atomic mass is 10.0. The van der Waals surface area contributed by atoms with Crippen molar-refractivity contribution in [1.82, 2.24) is 5.32 Å². The molecular weight excluding hydrogens is 350 g/mol. The number of amides is 1. The van der Waals surface area contributed by atoms with Gasteiger partial charge in [0.25, 0.3) is 0 Å². The van der Waals surface area contributed by atoms with Crippen molar-refractivity contribution in [3.8, 4) is 5.75 Å². The molecule has 2 aromatic carbocycles. The zero-order valence-corrected chi connectivity index (χ0v) is 14.4. The largest absolute Gasteiger partial charge is 0.508 e. The average molecular weight is 367 g/mol. The van der Waals surface area contributed by atoms with Crippen molar-refractivity contribution >= 4 is 22.8 Å². The Morgan fingerprint density at radius 3 is 2.52 bits per heavy atom. The van der Waals surface area contributed by atoms with Crippen LogP contribution in [0.3, 0.4) is 0 Å². The topological polar surface area (TPSA) is 117 Å². The Morgan fingerprint density at radius 1 is 1.15 bits per heavy atom. The number of nitrogens with one attached hydrogen (secondary N) is 1. The molecule has 1 unspecified atom stereocenters. The standard InChI is InChI=1S/C20H17NO6/c1-11-14-8-7-13(22)9-16(14)27-20(26)15(11)10-17(23)21-18(19(24)25)12-5-3-2-4-6-12/h2-9,18,22H,10H2,1H3,(H,21,23)(H,24,25). The van der Waals surface area contributed by atoms with E-state index in [1.54, 1.807) is 43.3 Å². The molecule has 1 amide bonds. The summed E-state index contributed by atoms with van der Waals surface area (Å²) in [5, 5.41) is 21.9. The summed E-state index contributed by atoms with van der Waals surface area (Å²) < 4.78 is 5.18. The van der Waals surface area contributed by atoms with Gasteiger partial charge in [-0.2, -0.15) is 0 Å². The fourth-order valence-corrected chi connectivity index (χ4v) is 2.89. The molecule has 0 aliphatic heterocycles. The molecule has 3 N–H and O–H groups in total. The van der Waals surface area contributed by atoms with E-state index < -0.39 is 23.5 Å². The van der Waals surface area contributed by atoms with Crippen LogP contribution in [0.25, 0.3) is 11.0 Å². The first kappa shape index (κ1) is 18.2. The molecule has 138 valence electrons. The highest BCUT2D eigenvalue weighted by Crippen LogP contribution is 2.23. The first-order valence-electron chi connectivity index (χ1n) is 8.19. The van der Waals surface area contributed by atoms with Crippen LogP contribution in [0.4, 0.5) is 0 Å². The van der Waals surface area contributed by atoms with Gasteiger partial charge in [0.2, 0.25) is 5.91 Å². The third kappa shape index (κ3) is 3.82. The predicted octanol–water partition coefficient (Wildman–Crippen LogP) is 2.29. The van der Waals surface area contributed by atoms with Gasteiger partial charge in [-0.15, -0.1) is 0 Å². The van der Waals surface area contributed by atoms with Gasteiger partial charge in [-0.25, -0.2) is 9.59 Å². The molecule has 1 atom stereocenters. The second kappa shape index (κ2) is 7.33. The minimum atomic E-state index is -1.22. The fraction of sp³-hybridized carbons (Fsp3) is 0.150. The van der Waals surface area contributed by atoms with E-state index in [4.69, 9.17) is 4.42 Å². The second-order valence-electron chi connectivity index (χ2n) is 6.10. The molecule has 3 rings (SSSR count). The van der Waals surface area contributed by atoms with Crippen molar-refractivity contribution in [3.63, 3.8) is 0 Å². The summed E-state index contributed by atoms with van der Waals surface area (Å²) in [6.07, 6.45) is -0.318. The Labute approximate surface area is 153 Å². The molecule has 7 heteroatoms. The highest BCUT2D eigenvalue weighted by molar-refractivity contribution is 5.88. The number of carbonyl (C=O) groups is 2. The molecular formula is C20H17NO6. The third-order valence-corrected chi connectivity index (χ3v) is 4.29.